The number of nitrogens with zero attached hydrogens (tertiary/aromatic N) is 5. The van der Waals surface area contributed by atoms with Gasteiger partial charge in [-0.05, 0) is 68.4 Å². The lowest BCUT2D eigenvalue weighted by molar-refractivity contribution is 0.0661. The van der Waals surface area contributed by atoms with Gasteiger partial charge < -0.3 is 20.1 Å². The van der Waals surface area contributed by atoms with Crippen LogP contribution < -0.4 is 10.6 Å². The number of ether oxygens (including phenoxy) is 2. The molecule has 2 aliphatic heterocycles. The van der Waals surface area contributed by atoms with Gasteiger partial charge in [-0.2, -0.15) is 10.1 Å². The monoisotopic (exact) mass is 461 g/mol. The van der Waals surface area contributed by atoms with Crippen LogP contribution in [0.5, 0.6) is 0 Å². The minimum atomic E-state index is 0.405. The molecule has 0 aliphatic carbocycles. The van der Waals surface area contributed by atoms with Crippen molar-refractivity contribution in [1.29, 1.82) is 0 Å². The molecular formula is C25H31N7O2. The first-order valence-corrected chi connectivity index (χ1v) is 12.2. The molecular weight excluding hydrogens is 430 g/mol. The largest absolute Gasteiger partial charge is 0.381 e. The lowest BCUT2D eigenvalue weighted by Crippen LogP contribution is -2.28. The number of rotatable bonds is 6. The zero-order chi connectivity index (χ0) is 22.9. The van der Waals surface area contributed by atoms with E-state index in [1.54, 1.807) is 0 Å². The van der Waals surface area contributed by atoms with Crippen LogP contribution >= 0.6 is 0 Å². The Bertz CT molecular complexity index is 1290. The van der Waals surface area contributed by atoms with Gasteiger partial charge >= 0.3 is 0 Å². The number of aromatic nitrogens is 5. The summed E-state index contributed by atoms with van der Waals surface area (Å²) in [6.45, 7) is 3.32. The maximum Gasteiger partial charge on any atom is 0.247 e. The normalized spacial score (nSPS) is 18.0. The fraction of sp³-hybridized carbons (Fsp3) is 0.480. The Morgan fingerprint density at radius 3 is 2.59 bits per heavy atom. The van der Waals surface area contributed by atoms with E-state index in [-0.39, 0.29) is 0 Å². The summed E-state index contributed by atoms with van der Waals surface area (Å²) in [5, 5.41) is 17.6. The van der Waals surface area contributed by atoms with E-state index in [4.69, 9.17) is 24.7 Å². The number of anilines is 3. The van der Waals surface area contributed by atoms with Gasteiger partial charge in [-0.3, -0.25) is 4.68 Å². The molecule has 9 heteroatoms. The number of nitrogens with one attached hydrogen (secondary N) is 2. The van der Waals surface area contributed by atoms with Gasteiger partial charge in [-0.15, -0.1) is 5.10 Å². The highest BCUT2D eigenvalue weighted by Crippen LogP contribution is 2.28. The Labute approximate surface area is 198 Å². The quantitative estimate of drug-likeness (QED) is 0.450. The van der Waals surface area contributed by atoms with E-state index in [1.165, 1.54) is 5.69 Å². The lowest BCUT2D eigenvalue weighted by Gasteiger charge is -2.23. The Kier molecular flexibility index (Phi) is 5.80. The van der Waals surface area contributed by atoms with Gasteiger partial charge in [0, 0.05) is 56.3 Å². The SMILES string of the molecule is Cn1nc(NC2CCOCC2)c2ccc(Nc3nc4cccc(CC5CCOCC5)n4n3)cc21. The topological polar surface area (TPSA) is 90.5 Å². The van der Waals surface area contributed by atoms with Crippen molar-refractivity contribution in [2.24, 2.45) is 13.0 Å². The Morgan fingerprint density at radius 2 is 1.76 bits per heavy atom. The number of fused-ring (bicyclic) bond motifs is 2. The molecule has 0 radical (unpaired) electrons. The fourth-order valence-corrected chi connectivity index (χ4v) is 5.02. The average Bonchev–Trinajstić information content (AvgIpc) is 3.41. The van der Waals surface area contributed by atoms with Crippen molar-refractivity contribution in [3.63, 3.8) is 0 Å². The molecule has 3 aromatic heterocycles. The maximum absolute atomic E-state index is 5.51. The van der Waals surface area contributed by atoms with Crippen LogP contribution in [0.25, 0.3) is 16.6 Å². The Balaban J connectivity index is 1.22. The van der Waals surface area contributed by atoms with E-state index in [0.29, 0.717) is 17.9 Å². The summed E-state index contributed by atoms with van der Waals surface area (Å²) >= 11 is 0. The van der Waals surface area contributed by atoms with Crippen LogP contribution in [0, 0.1) is 5.92 Å². The third-order valence-electron chi connectivity index (χ3n) is 6.95. The first kappa shape index (κ1) is 21.4. The predicted octanol–water partition coefficient (Wildman–Crippen LogP) is 3.92. The molecule has 2 aliphatic rings. The molecule has 0 spiro atoms. The second-order valence-corrected chi connectivity index (χ2v) is 9.34. The van der Waals surface area contributed by atoms with E-state index in [0.717, 1.165) is 86.6 Å². The third-order valence-corrected chi connectivity index (χ3v) is 6.95. The van der Waals surface area contributed by atoms with Crippen LogP contribution in [0.3, 0.4) is 0 Å². The van der Waals surface area contributed by atoms with Crippen molar-refractivity contribution in [3.05, 3.63) is 42.1 Å². The second kappa shape index (κ2) is 9.23. The summed E-state index contributed by atoms with van der Waals surface area (Å²) < 4.78 is 14.9. The molecule has 1 aromatic carbocycles. The molecule has 4 aromatic rings. The molecule has 9 nitrogen and oxygen atoms in total. The van der Waals surface area contributed by atoms with Gasteiger partial charge in [0.15, 0.2) is 11.5 Å². The highest BCUT2D eigenvalue weighted by atomic mass is 16.5. The van der Waals surface area contributed by atoms with E-state index in [2.05, 4.69) is 41.0 Å². The smallest absolute Gasteiger partial charge is 0.247 e. The molecule has 2 N–H and O–H groups in total. The zero-order valence-corrected chi connectivity index (χ0v) is 19.5. The summed E-state index contributed by atoms with van der Waals surface area (Å²) in [5.74, 6) is 2.16. The molecule has 2 saturated heterocycles. The number of hydrogen-bond acceptors (Lipinski definition) is 7. The van der Waals surface area contributed by atoms with Crippen LogP contribution in [0.1, 0.15) is 31.4 Å². The molecule has 178 valence electrons. The molecule has 2 fully saturated rings. The minimum Gasteiger partial charge on any atom is -0.381 e. The van der Waals surface area contributed by atoms with Gasteiger partial charge in [-0.25, -0.2) is 4.52 Å². The van der Waals surface area contributed by atoms with Crippen molar-refractivity contribution in [2.75, 3.05) is 37.1 Å². The van der Waals surface area contributed by atoms with E-state index in [1.807, 2.05) is 22.3 Å². The summed E-state index contributed by atoms with van der Waals surface area (Å²) in [4.78, 5) is 4.72. The summed E-state index contributed by atoms with van der Waals surface area (Å²) in [6, 6.07) is 12.9. The maximum atomic E-state index is 5.51. The van der Waals surface area contributed by atoms with Crippen LogP contribution in [0.2, 0.25) is 0 Å². The molecule has 0 unspecified atom stereocenters. The average molecular weight is 462 g/mol. The van der Waals surface area contributed by atoms with E-state index in [9.17, 15) is 0 Å². The highest BCUT2D eigenvalue weighted by Gasteiger charge is 2.19. The Morgan fingerprint density at radius 1 is 0.971 bits per heavy atom. The molecule has 0 amide bonds. The summed E-state index contributed by atoms with van der Waals surface area (Å²) in [5.41, 5.74) is 4.05. The van der Waals surface area contributed by atoms with Crippen LogP contribution in [0.4, 0.5) is 17.5 Å². The van der Waals surface area contributed by atoms with Crippen molar-refractivity contribution in [1.82, 2.24) is 24.4 Å². The van der Waals surface area contributed by atoms with Crippen molar-refractivity contribution < 1.29 is 9.47 Å². The van der Waals surface area contributed by atoms with E-state index >= 15 is 0 Å². The van der Waals surface area contributed by atoms with Gasteiger partial charge in [0.1, 0.15) is 0 Å². The fourth-order valence-electron chi connectivity index (χ4n) is 5.02. The number of aryl methyl sites for hydroxylation is 1. The third kappa shape index (κ3) is 4.33. The Hall–Kier alpha value is -3.17. The van der Waals surface area contributed by atoms with Crippen LogP contribution in [-0.4, -0.2) is 56.8 Å². The predicted molar refractivity (Wildman–Crippen MR) is 132 cm³/mol. The first-order chi connectivity index (χ1) is 16.7. The summed E-state index contributed by atoms with van der Waals surface area (Å²) in [6.07, 6.45) is 5.22. The lowest BCUT2D eigenvalue weighted by atomic mass is 9.95. The van der Waals surface area contributed by atoms with Crippen molar-refractivity contribution in [2.45, 2.75) is 38.1 Å². The molecule has 0 saturated carbocycles. The second-order valence-electron chi connectivity index (χ2n) is 9.34. The standard InChI is InChI=1S/C25H31N7O2/c1-31-22-16-19(5-6-21(22)24(29-31)26-18-9-13-34-14-10-18)27-25-28-23-4-2-3-20(32(23)30-25)15-17-7-11-33-12-8-17/h2-6,16-18H,7-15H2,1H3,(H,26,29)(H,27,30). The van der Waals surface area contributed by atoms with E-state index < -0.39 is 0 Å². The van der Waals surface area contributed by atoms with Gasteiger partial charge in [0.2, 0.25) is 5.95 Å². The molecule has 6 rings (SSSR count). The molecule has 0 bridgehead atoms. The van der Waals surface area contributed by atoms with Gasteiger partial charge in [-0.1, -0.05) is 6.07 Å². The van der Waals surface area contributed by atoms with Crippen molar-refractivity contribution >= 4 is 34.0 Å². The highest BCUT2D eigenvalue weighted by molar-refractivity contribution is 5.92. The number of benzene rings is 1. The number of pyridine rings is 1. The molecule has 0 atom stereocenters. The molecule has 34 heavy (non-hydrogen) atoms. The zero-order valence-electron chi connectivity index (χ0n) is 19.5. The first-order valence-electron chi connectivity index (χ1n) is 12.2. The van der Waals surface area contributed by atoms with Crippen molar-refractivity contribution in [3.8, 4) is 0 Å². The van der Waals surface area contributed by atoms with Gasteiger partial charge in [0.25, 0.3) is 0 Å². The summed E-state index contributed by atoms with van der Waals surface area (Å²) in [7, 11) is 1.98. The number of hydrogen-bond donors (Lipinski definition) is 2. The van der Waals surface area contributed by atoms with Crippen LogP contribution in [0.15, 0.2) is 36.4 Å². The minimum absolute atomic E-state index is 0.405. The van der Waals surface area contributed by atoms with Crippen LogP contribution in [-0.2, 0) is 22.9 Å². The van der Waals surface area contributed by atoms with Gasteiger partial charge in [0.05, 0.1) is 5.52 Å². The molecule has 5 heterocycles.